The molecule has 1 saturated carbocycles. The number of halogens is 1. The third-order valence-corrected chi connectivity index (χ3v) is 4.70. The minimum absolute atomic E-state index is 0. The van der Waals surface area contributed by atoms with Crippen LogP contribution in [-0.4, -0.2) is 36.1 Å². The summed E-state index contributed by atoms with van der Waals surface area (Å²) in [6.45, 7) is 11.8. The average Bonchev–Trinajstić information content (AvgIpc) is 3.10. The molecule has 160 valence electrons. The molecule has 2 N–H and O–H groups in total. The first-order valence-electron chi connectivity index (χ1n) is 10.00. The summed E-state index contributed by atoms with van der Waals surface area (Å²) in [5, 5.41) is 6.74. The molecule has 0 unspecified atom stereocenters. The van der Waals surface area contributed by atoms with Crippen molar-refractivity contribution in [1.82, 2.24) is 15.6 Å². The number of oxazole rings is 1. The number of guanidine groups is 1. The predicted octanol–water partition coefficient (Wildman–Crippen LogP) is 3.77. The lowest BCUT2D eigenvalue weighted by atomic mass is 9.86. The summed E-state index contributed by atoms with van der Waals surface area (Å²) in [5.41, 5.74) is -0.0602. The number of hydrogen-bond donors (Lipinski definition) is 2. The van der Waals surface area contributed by atoms with Gasteiger partial charge in [-0.15, -0.1) is 24.0 Å². The van der Waals surface area contributed by atoms with E-state index in [2.05, 4.69) is 41.4 Å². The van der Waals surface area contributed by atoms with Crippen molar-refractivity contribution in [3.05, 3.63) is 17.8 Å². The van der Waals surface area contributed by atoms with E-state index in [0.717, 1.165) is 43.9 Å². The topological polar surface area (TPSA) is 88.8 Å². The van der Waals surface area contributed by atoms with Crippen LogP contribution in [0.1, 0.15) is 72.0 Å². The molecule has 1 aromatic rings. The molecule has 1 aromatic heterocycles. The van der Waals surface area contributed by atoms with Gasteiger partial charge < -0.3 is 19.8 Å². The summed E-state index contributed by atoms with van der Waals surface area (Å²) in [5.74, 6) is 2.21. The summed E-state index contributed by atoms with van der Waals surface area (Å²) in [6, 6.07) is 0.308. The van der Waals surface area contributed by atoms with E-state index in [4.69, 9.17) is 9.15 Å². The molecule has 1 aliphatic rings. The van der Waals surface area contributed by atoms with Gasteiger partial charge in [0.2, 0.25) is 5.89 Å². The second kappa shape index (κ2) is 11.6. The summed E-state index contributed by atoms with van der Waals surface area (Å²) in [6.07, 6.45) is 5.35. The lowest BCUT2D eigenvalue weighted by molar-refractivity contribution is -0.149. The quantitative estimate of drug-likeness (QED) is 0.264. The van der Waals surface area contributed by atoms with Crippen LogP contribution in [0.15, 0.2) is 15.6 Å². The van der Waals surface area contributed by atoms with Gasteiger partial charge in [-0.1, -0.05) is 20.8 Å². The Kier molecular flexibility index (Phi) is 10.3. The zero-order chi connectivity index (χ0) is 19.9. The molecule has 0 spiro atoms. The standard InChI is InChI=1S/C20H34N4O3.HI/c1-6-21-19(23-13-17-22-12-16(27-17)20(3,4)5)24-15-10-8-14(9-11-15)18(25)26-7-2;/h12,14-15H,6-11,13H2,1-5H3,(H2,21,23,24);1H. The van der Waals surface area contributed by atoms with Crippen LogP contribution in [0.4, 0.5) is 0 Å². The summed E-state index contributed by atoms with van der Waals surface area (Å²) in [4.78, 5) is 20.8. The molecule has 0 radical (unpaired) electrons. The zero-order valence-electron chi connectivity index (χ0n) is 17.7. The van der Waals surface area contributed by atoms with Crippen molar-refractivity contribution >= 4 is 35.9 Å². The van der Waals surface area contributed by atoms with Crippen molar-refractivity contribution in [1.29, 1.82) is 0 Å². The van der Waals surface area contributed by atoms with Gasteiger partial charge in [-0.25, -0.2) is 9.98 Å². The highest BCUT2D eigenvalue weighted by atomic mass is 127. The van der Waals surface area contributed by atoms with Gasteiger partial charge in [0.1, 0.15) is 12.3 Å². The first kappa shape index (κ1) is 24.7. The van der Waals surface area contributed by atoms with Crippen LogP contribution in [-0.2, 0) is 21.5 Å². The number of esters is 1. The van der Waals surface area contributed by atoms with Crippen molar-refractivity contribution in [2.45, 2.75) is 78.3 Å². The van der Waals surface area contributed by atoms with E-state index in [1.807, 2.05) is 13.8 Å². The third-order valence-electron chi connectivity index (χ3n) is 4.70. The Labute approximate surface area is 185 Å². The van der Waals surface area contributed by atoms with Crippen molar-refractivity contribution in [3.8, 4) is 0 Å². The molecular formula is C20H35IN4O3. The second-order valence-corrected chi connectivity index (χ2v) is 8.01. The van der Waals surface area contributed by atoms with Crippen LogP contribution in [0.25, 0.3) is 0 Å². The molecule has 0 aromatic carbocycles. The number of nitrogens with zero attached hydrogens (tertiary/aromatic N) is 2. The summed E-state index contributed by atoms with van der Waals surface area (Å²) >= 11 is 0. The van der Waals surface area contributed by atoms with Gasteiger partial charge in [0, 0.05) is 18.0 Å². The van der Waals surface area contributed by atoms with Crippen LogP contribution in [0.2, 0.25) is 0 Å². The van der Waals surface area contributed by atoms with E-state index in [9.17, 15) is 4.79 Å². The van der Waals surface area contributed by atoms with Crippen molar-refractivity contribution in [2.75, 3.05) is 13.2 Å². The number of carbonyl (C=O) groups is 1. The van der Waals surface area contributed by atoms with E-state index in [1.165, 1.54) is 0 Å². The fraction of sp³-hybridized carbons (Fsp3) is 0.750. The number of carbonyl (C=O) groups excluding carboxylic acids is 1. The van der Waals surface area contributed by atoms with Crippen LogP contribution in [0, 0.1) is 5.92 Å². The molecule has 0 bridgehead atoms. The second-order valence-electron chi connectivity index (χ2n) is 8.01. The fourth-order valence-corrected chi connectivity index (χ4v) is 3.12. The molecule has 0 saturated heterocycles. The largest absolute Gasteiger partial charge is 0.466 e. The highest BCUT2D eigenvalue weighted by Gasteiger charge is 2.27. The van der Waals surface area contributed by atoms with E-state index < -0.39 is 0 Å². The van der Waals surface area contributed by atoms with Gasteiger partial charge in [0.25, 0.3) is 0 Å². The van der Waals surface area contributed by atoms with Gasteiger partial charge in [-0.05, 0) is 39.5 Å². The van der Waals surface area contributed by atoms with E-state index >= 15 is 0 Å². The lowest BCUT2D eigenvalue weighted by Crippen LogP contribution is -2.45. The maximum atomic E-state index is 11.9. The predicted molar refractivity (Wildman–Crippen MR) is 121 cm³/mol. The van der Waals surface area contributed by atoms with Gasteiger partial charge in [0.15, 0.2) is 5.96 Å². The average molecular weight is 506 g/mol. The monoisotopic (exact) mass is 506 g/mol. The number of aliphatic imine (C=N–C) groups is 1. The number of rotatable bonds is 6. The minimum Gasteiger partial charge on any atom is -0.466 e. The lowest BCUT2D eigenvalue weighted by Gasteiger charge is -2.29. The molecule has 1 heterocycles. The first-order valence-corrected chi connectivity index (χ1v) is 10.00. The molecule has 0 amide bonds. The zero-order valence-corrected chi connectivity index (χ0v) is 20.0. The molecule has 7 nitrogen and oxygen atoms in total. The smallest absolute Gasteiger partial charge is 0.308 e. The third kappa shape index (κ3) is 7.60. The van der Waals surface area contributed by atoms with E-state index in [0.29, 0.717) is 25.1 Å². The maximum Gasteiger partial charge on any atom is 0.308 e. The van der Waals surface area contributed by atoms with Crippen molar-refractivity contribution < 1.29 is 13.9 Å². The number of ether oxygens (including phenoxy) is 1. The van der Waals surface area contributed by atoms with Crippen LogP contribution in [0.5, 0.6) is 0 Å². The summed E-state index contributed by atoms with van der Waals surface area (Å²) < 4.78 is 10.9. The fourth-order valence-electron chi connectivity index (χ4n) is 3.12. The minimum atomic E-state index is -0.0602. The number of aromatic nitrogens is 1. The Balaban J connectivity index is 0.00000392. The van der Waals surface area contributed by atoms with Crippen molar-refractivity contribution in [3.63, 3.8) is 0 Å². The maximum absolute atomic E-state index is 11.9. The van der Waals surface area contributed by atoms with Crippen LogP contribution < -0.4 is 10.6 Å². The number of nitrogens with one attached hydrogen (secondary N) is 2. The highest BCUT2D eigenvalue weighted by molar-refractivity contribution is 14.0. The normalized spacial score (nSPS) is 20.2. The first-order chi connectivity index (χ1) is 12.8. The van der Waals surface area contributed by atoms with E-state index in [-0.39, 0.29) is 41.3 Å². The molecule has 8 heteroatoms. The Morgan fingerprint density at radius 3 is 2.50 bits per heavy atom. The van der Waals surface area contributed by atoms with Gasteiger partial charge in [0.05, 0.1) is 18.7 Å². The molecule has 1 fully saturated rings. The van der Waals surface area contributed by atoms with Gasteiger partial charge in [-0.3, -0.25) is 4.79 Å². The van der Waals surface area contributed by atoms with Crippen LogP contribution in [0.3, 0.4) is 0 Å². The Morgan fingerprint density at radius 2 is 1.96 bits per heavy atom. The number of hydrogen-bond acceptors (Lipinski definition) is 5. The Hall–Kier alpha value is -1.32. The summed E-state index contributed by atoms with van der Waals surface area (Å²) in [7, 11) is 0. The molecule has 2 rings (SSSR count). The Bertz CT molecular complexity index is 632. The van der Waals surface area contributed by atoms with E-state index in [1.54, 1.807) is 6.20 Å². The molecule has 0 atom stereocenters. The SMILES string of the molecule is CCNC(=NCc1ncc(C(C)(C)C)o1)NC1CCC(C(=O)OCC)CC1.I. The Morgan fingerprint density at radius 1 is 1.29 bits per heavy atom. The molecule has 28 heavy (non-hydrogen) atoms. The van der Waals surface area contributed by atoms with Crippen molar-refractivity contribution in [2.24, 2.45) is 10.9 Å². The van der Waals surface area contributed by atoms with Gasteiger partial charge in [-0.2, -0.15) is 0 Å². The van der Waals surface area contributed by atoms with Gasteiger partial charge >= 0.3 is 5.97 Å². The highest BCUT2D eigenvalue weighted by Crippen LogP contribution is 2.25. The molecule has 0 aliphatic heterocycles. The molecular weight excluding hydrogens is 471 g/mol. The van der Waals surface area contributed by atoms with Crippen LogP contribution >= 0.6 is 24.0 Å². The molecule has 1 aliphatic carbocycles.